The zero-order valence-electron chi connectivity index (χ0n) is 12.7. The van der Waals surface area contributed by atoms with Crippen LogP contribution in [0.1, 0.15) is 18.1 Å². The molecule has 3 rings (SSSR count). The third kappa shape index (κ3) is 3.68. The van der Waals surface area contributed by atoms with Crippen molar-refractivity contribution in [2.45, 2.75) is 25.8 Å². The normalized spacial score (nSPS) is 12.8. The van der Waals surface area contributed by atoms with Crippen LogP contribution < -0.4 is 10.6 Å². The van der Waals surface area contributed by atoms with E-state index in [1.807, 2.05) is 0 Å². The van der Waals surface area contributed by atoms with Crippen molar-refractivity contribution < 1.29 is 9.59 Å². The molecule has 0 atom stereocenters. The topological polar surface area (TPSA) is 88.9 Å². The number of aromatic nitrogens is 3. The van der Waals surface area contributed by atoms with Crippen molar-refractivity contribution >= 4 is 40.7 Å². The number of nitrogens with zero attached hydrogens (tertiary/aromatic N) is 3. The molecule has 0 unspecified atom stereocenters. The molecular formula is C15H15Cl2N5O2. The first-order chi connectivity index (χ1) is 11.5. The zero-order valence-corrected chi connectivity index (χ0v) is 14.2. The second kappa shape index (κ2) is 7.19. The van der Waals surface area contributed by atoms with E-state index in [4.69, 9.17) is 23.2 Å². The zero-order chi connectivity index (χ0) is 17.1. The van der Waals surface area contributed by atoms with Crippen LogP contribution >= 0.6 is 23.2 Å². The number of aryl methyl sites for hydroxylation is 1. The number of hydrogen-bond donors (Lipinski definition) is 2. The maximum Gasteiger partial charge on any atom is 0.313 e. The molecule has 0 saturated heterocycles. The molecule has 126 valence electrons. The van der Waals surface area contributed by atoms with Gasteiger partial charge in [0.1, 0.15) is 11.6 Å². The molecule has 1 aromatic carbocycles. The molecular weight excluding hydrogens is 353 g/mol. The van der Waals surface area contributed by atoms with E-state index >= 15 is 0 Å². The maximum absolute atomic E-state index is 11.9. The van der Waals surface area contributed by atoms with Crippen LogP contribution in [0, 0.1) is 0 Å². The summed E-state index contributed by atoms with van der Waals surface area (Å²) in [5.74, 6) is 0.281. The molecule has 7 nitrogen and oxygen atoms in total. The minimum Gasteiger partial charge on any atom is -0.347 e. The van der Waals surface area contributed by atoms with Gasteiger partial charge in [0.15, 0.2) is 0 Å². The Morgan fingerprint density at radius 3 is 2.83 bits per heavy atom. The number of carbonyl (C=O) groups excluding carboxylic acids is 2. The fourth-order valence-electron chi connectivity index (χ4n) is 2.53. The molecule has 1 aromatic heterocycles. The minimum absolute atomic E-state index is 0.266. The van der Waals surface area contributed by atoms with Gasteiger partial charge in [-0.2, -0.15) is 0 Å². The monoisotopic (exact) mass is 367 g/mol. The van der Waals surface area contributed by atoms with Crippen LogP contribution in [0.5, 0.6) is 0 Å². The van der Waals surface area contributed by atoms with Crippen LogP contribution in [0.15, 0.2) is 18.2 Å². The molecule has 2 amide bonds. The van der Waals surface area contributed by atoms with E-state index in [9.17, 15) is 9.59 Å². The van der Waals surface area contributed by atoms with Crippen molar-refractivity contribution in [2.24, 2.45) is 0 Å². The van der Waals surface area contributed by atoms with Crippen LogP contribution in [-0.2, 0) is 29.0 Å². The highest BCUT2D eigenvalue weighted by Crippen LogP contribution is 2.25. The number of hydrogen-bond acceptors (Lipinski definition) is 4. The predicted octanol–water partition coefficient (Wildman–Crippen LogP) is 1.83. The van der Waals surface area contributed by atoms with Crippen molar-refractivity contribution in [1.82, 2.24) is 20.1 Å². The number of benzene rings is 1. The van der Waals surface area contributed by atoms with Crippen molar-refractivity contribution in [1.29, 1.82) is 0 Å². The van der Waals surface area contributed by atoms with Crippen LogP contribution in [0.3, 0.4) is 0 Å². The Balaban J connectivity index is 1.50. The lowest BCUT2D eigenvalue weighted by molar-refractivity contribution is -0.136. The fourth-order valence-corrected chi connectivity index (χ4v) is 2.99. The van der Waals surface area contributed by atoms with Gasteiger partial charge in [-0.15, -0.1) is 10.2 Å². The second-order valence-electron chi connectivity index (χ2n) is 5.37. The van der Waals surface area contributed by atoms with E-state index in [1.165, 1.54) is 12.1 Å². The summed E-state index contributed by atoms with van der Waals surface area (Å²) in [4.78, 5) is 23.7. The van der Waals surface area contributed by atoms with E-state index in [2.05, 4.69) is 25.4 Å². The molecule has 0 fully saturated rings. The first kappa shape index (κ1) is 16.7. The first-order valence-corrected chi connectivity index (χ1v) is 8.25. The molecule has 0 spiro atoms. The molecule has 2 heterocycles. The maximum atomic E-state index is 11.9. The highest BCUT2D eigenvalue weighted by molar-refractivity contribution is 6.42. The third-order valence-corrected chi connectivity index (χ3v) is 4.25. The van der Waals surface area contributed by atoms with Gasteiger partial charge in [0.2, 0.25) is 0 Å². The van der Waals surface area contributed by atoms with Crippen molar-refractivity contribution in [3.8, 4) is 0 Å². The molecule has 1 aliphatic rings. The number of anilines is 1. The van der Waals surface area contributed by atoms with Gasteiger partial charge >= 0.3 is 11.8 Å². The SMILES string of the molecule is O=C(NCCc1nnc2n1CCC2)C(=O)Nc1ccc(Cl)cc1Cl. The Kier molecular flexibility index (Phi) is 5.01. The largest absolute Gasteiger partial charge is 0.347 e. The number of nitrogens with one attached hydrogen (secondary N) is 2. The van der Waals surface area contributed by atoms with Gasteiger partial charge in [0, 0.05) is 31.0 Å². The Morgan fingerprint density at radius 2 is 2.04 bits per heavy atom. The van der Waals surface area contributed by atoms with Crippen LogP contribution in [0.25, 0.3) is 0 Å². The number of rotatable bonds is 4. The molecule has 0 aliphatic carbocycles. The van der Waals surface area contributed by atoms with Gasteiger partial charge in [-0.25, -0.2) is 0 Å². The van der Waals surface area contributed by atoms with Gasteiger partial charge in [-0.05, 0) is 24.6 Å². The standard InChI is InChI=1S/C15H15Cl2N5O2/c16-9-3-4-11(10(17)8-9)19-15(24)14(23)18-6-5-13-21-20-12-2-1-7-22(12)13/h3-4,8H,1-2,5-7H2,(H,18,23)(H,19,24). The van der Waals surface area contributed by atoms with Crippen molar-refractivity contribution in [3.63, 3.8) is 0 Å². The molecule has 2 aromatic rings. The minimum atomic E-state index is -0.786. The highest BCUT2D eigenvalue weighted by atomic mass is 35.5. The van der Waals surface area contributed by atoms with Crippen molar-refractivity contribution in [2.75, 3.05) is 11.9 Å². The van der Waals surface area contributed by atoms with Gasteiger partial charge in [-0.3, -0.25) is 9.59 Å². The summed E-state index contributed by atoms with van der Waals surface area (Å²) < 4.78 is 2.06. The van der Waals surface area contributed by atoms with E-state index in [0.717, 1.165) is 31.0 Å². The Hall–Kier alpha value is -2.12. The summed E-state index contributed by atoms with van der Waals surface area (Å²) in [7, 11) is 0. The van der Waals surface area contributed by atoms with E-state index in [0.29, 0.717) is 23.7 Å². The van der Waals surface area contributed by atoms with Gasteiger partial charge in [-0.1, -0.05) is 23.2 Å². The molecule has 9 heteroatoms. The fraction of sp³-hybridized carbons (Fsp3) is 0.333. The van der Waals surface area contributed by atoms with Gasteiger partial charge in [0.25, 0.3) is 0 Å². The summed E-state index contributed by atoms with van der Waals surface area (Å²) in [6.45, 7) is 1.21. The van der Waals surface area contributed by atoms with E-state index in [1.54, 1.807) is 6.07 Å². The van der Waals surface area contributed by atoms with Gasteiger partial charge in [0.05, 0.1) is 10.7 Å². The molecule has 2 N–H and O–H groups in total. The molecule has 1 aliphatic heterocycles. The second-order valence-corrected chi connectivity index (χ2v) is 6.22. The molecule has 0 bridgehead atoms. The van der Waals surface area contributed by atoms with Gasteiger partial charge < -0.3 is 15.2 Å². The average molecular weight is 368 g/mol. The summed E-state index contributed by atoms with van der Waals surface area (Å²) in [6.07, 6.45) is 2.52. The van der Waals surface area contributed by atoms with E-state index < -0.39 is 11.8 Å². The van der Waals surface area contributed by atoms with Crippen LogP contribution in [-0.4, -0.2) is 33.1 Å². The Bertz CT molecular complexity index is 790. The first-order valence-electron chi connectivity index (χ1n) is 7.50. The Labute approximate surface area is 148 Å². The smallest absolute Gasteiger partial charge is 0.313 e. The quantitative estimate of drug-likeness (QED) is 0.806. The lowest BCUT2D eigenvalue weighted by atomic mass is 10.3. The summed E-state index contributed by atoms with van der Waals surface area (Å²) >= 11 is 11.7. The Morgan fingerprint density at radius 1 is 1.21 bits per heavy atom. The summed E-state index contributed by atoms with van der Waals surface area (Å²) in [6, 6.07) is 4.60. The predicted molar refractivity (Wildman–Crippen MR) is 90.1 cm³/mol. The third-order valence-electron chi connectivity index (χ3n) is 3.71. The van der Waals surface area contributed by atoms with Crippen LogP contribution in [0.2, 0.25) is 10.0 Å². The lowest BCUT2D eigenvalue weighted by Gasteiger charge is -2.08. The number of carbonyl (C=O) groups is 2. The summed E-state index contributed by atoms with van der Waals surface area (Å²) in [5.41, 5.74) is 0.330. The highest BCUT2D eigenvalue weighted by Gasteiger charge is 2.18. The summed E-state index contributed by atoms with van der Waals surface area (Å²) in [5, 5.41) is 13.9. The molecule has 24 heavy (non-hydrogen) atoms. The molecule has 0 saturated carbocycles. The molecule has 0 radical (unpaired) electrons. The van der Waals surface area contributed by atoms with Crippen molar-refractivity contribution in [3.05, 3.63) is 39.9 Å². The van der Waals surface area contributed by atoms with E-state index in [-0.39, 0.29) is 5.02 Å². The average Bonchev–Trinajstić information content (AvgIpc) is 3.14. The number of amides is 2. The van der Waals surface area contributed by atoms with Crippen LogP contribution in [0.4, 0.5) is 5.69 Å². The number of fused-ring (bicyclic) bond motifs is 1. The number of halogens is 2. The lowest BCUT2D eigenvalue weighted by Crippen LogP contribution is -2.36.